The monoisotopic (exact) mass is 265 g/mol. The molecule has 0 spiro atoms. The quantitative estimate of drug-likeness (QED) is 0.650. The summed E-state index contributed by atoms with van der Waals surface area (Å²) >= 11 is 0. The van der Waals surface area contributed by atoms with Gasteiger partial charge in [0.2, 0.25) is 15.9 Å². The van der Waals surface area contributed by atoms with Crippen molar-refractivity contribution in [2.75, 3.05) is 26.4 Å². The minimum atomic E-state index is -3.33. The molecule has 0 unspecified atom stereocenters. The second kappa shape index (κ2) is 6.32. The van der Waals surface area contributed by atoms with Crippen molar-refractivity contribution in [3.8, 4) is 0 Å². The zero-order valence-corrected chi connectivity index (χ0v) is 11.8. The summed E-state index contributed by atoms with van der Waals surface area (Å²) in [6, 6.07) is 0. The number of nitrogens with zero attached hydrogens (tertiary/aromatic N) is 1. The number of likely N-dealkylation sites (N-methyl/N-ethyl adjacent to an activating group) is 1. The summed E-state index contributed by atoms with van der Waals surface area (Å²) in [6.07, 6.45) is 2.50. The summed E-state index contributed by atoms with van der Waals surface area (Å²) in [5, 5.41) is 2.81. The molecule has 6 nitrogen and oxygen atoms in total. The van der Waals surface area contributed by atoms with Gasteiger partial charge in [-0.1, -0.05) is 13.8 Å². The van der Waals surface area contributed by atoms with Gasteiger partial charge in [0, 0.05) is 13.6 Å². The van der Waals surface area contributed by atoms with Crippen LogP contribution in [0.5, 0.6) is 0 Å². The molecule has 0 radical (unpaired) electrons. The van der Waals surface area contributed by atoms with E-state index in [0.717, 1.165) is 10.6 Å². The molecule has 0 aliphatic carbocycles. The molecular formula is C10H23N3O3S. The molecule has 0 aliphatic heterocycles. The Balaban J connectivity index is 4.55. The molecular weight excluding hydrogens is 242 g/mol. The van der Waals surface area contributed by atoms with Crippen molar-refractivity contribution >= 4 is 15.9 Å². The van der Waals surface area contributed by atoms with Gasteiger partial charge in [0.05, 0.1) is 18.3 Å². The third-order valence-electron chi connectivity index (χ3n) is 3.08. The van der Waals surface area contributed by atoms with Gasteiger partial charge in [-0.05, 0) is 12.8 Å². The lowest BCUT2D eigenvalue weighted by molar-refractivity contribution is -0.123. The van der Waals surface area contributed by atoms with Crippen molar-refractivity contribution in [3.05, 3.63) is 0 Å². The van der Waals surface area contributed by atoms with Crippen LogP contribution in [0, 0.1) is 0 Å². The van der Waals surface area contributed by atoms with E-state index in [1.807, 2.05) is 13.8 Å². The molecule has 0 aromatic heterocycles. The number of carbonyl (C=O) groups is 1. The predicted molar refractivity (Wildman–Crippen MR) is 68.0 cm³/mol. The number of hydrogen-bond acceptors (Lipinski definition) is 4. The van der Waals surface area contributed by atoms with Gasteiger partial charge in [-0.25, -0.2) is 8.42 Å². The zero-order chi connectivity index (χ0) is 13.7. The Kier molecular flexibility index (Phi) is 6.08. The van der Waals surface area contributed by atoms with E-state index >= 15 is 0 Å². The minimum Gasteiger partial charge on any atom is -0.348 e. The number of nitrogens with one attached hydrogen (secondary N) is 1. The fraction of sp³-hybridized carbons (Fsp3) is 0.900. The first-order valence-electron chi connectivity index (χ1n) is 5.63. The minimum absolute atomic E-state index is 0.180. The number of amides is 1. The van der Waals surface area contributed by atoms with E-state index in [2.05, 4.69) is 5.32 Å². The normalized spacial score (nSPS) is 12.8. The van der Waals surface area contributed by atoms with Crippen LogP contribution in [0.25, 0.3) is 0 Å². The topological polar surface area (TPSA) is 92.5 Å². The highest BCUT2D eigenvalue weighted by Crippen LogP contribution is 2.12. The molecule has 0 atom stereocenters. The van der Waals surface area contributed by atoms with Gasteiger partial charge in [0.15, 0.2) is 0 Å². The highest BCUT2D eigenvalue weighted by molar-refractivity contribution is 7.88. The van der Waals surface area contributed by atoms with Crippen LogP contribution in [-0.2, 0) is 14.8 Å². The second-order valence-electron chi connectivity index (χ2n) is 4.26. The molecule has 7 heteroatoms. The SMILES string of the molecule is CCC(CC)(CN)NC(=O)CN(C)S(C)(=O)=O. The van der Waals surface area contributed by atoms with Crippen molar-refractivity contribution < 1.29 is 13.2 Å². The van der Waals surface area contributed by atoms with Crippen molar-refractivity contribution in [2.24, 2.45) is 5.73 Å². The first-order chi connectivity index (χ1) is 7.70. The van der Waals surface area contributed by atoms with Crippen LogP contribution in [-0.4, -0.2) is 50.6 Å². The molecule has 102 valence electrons. The maximum atomic E-state index is 11.7. The van der Waals surface area contributed by atoms with Gasteiger partial charge in [0.1, 0.15) is 0 Å². The van der Waals surface area contributed by atoms with Gasteiger partial charge in [-0.2, -0.15) is 4.31 Å². The van der Waals surface area contributed by atoms with Crippen molar-refractivity contribution in [1.29, 1.82) is 0 Å². The molecule has 0 aliphatic rings. The van der Waals surface area contributed by atoms with Crippen LogP contribution >= 0.6 is 0 Å². The number of hydrogen-bond donors (Lipinski definition) is 2. The summed E-state index contributed by atoms with van der Waals surface area (Å²) in [5.74, 6) is -0.327. The fourth-order valence-electron chi connectivity index (χ4n) is 1.42. The molecule has 17 heavy (non-hydrogen) atoms. The van der Waals surface area contributed by atoms with E-state index in [4.69, 9.17) is 5.73 Å². The molecule has 0 bridgehead atoms. The summed E-state index contributed by atoms with van der Waals surface area (Å²) in [5.41, 5.74) is 5.21. The standard InChI is InChI=1S/C10H23N3O3S/c1-5-10(6-2,8-11)12-9(14)7-13(3)17(4,15)16/h5-8,11H2,1-4H3,(H,12,14). The van der Waals surface area contributed by atoms with E-state index in [0.29, 0.717) is 19.4 Å². The first-order valence-corrected chi connectivity index (χ1v) is 7.48. The van der Waals surface area contributed by atoms with Crippen LogP contribution in [0.15, 0.2) is 0 Å². The summed E-state index contributed by atoms with van der Waals surface area (Å²) in [4.78, 5) is 11.7. The van der Waals surface area contributed by atoms with Gasteiger partial charge >= 0.3 is 0 Å². The van der Waals surface area contributed by atoms with Crippen LogP contribution in [0.1, 0.15) is 26.7 Å². The molecule has 0 saturated heterocycles. The molecule has 0 rings (SSSR count). The Morgan fingerprint density at radius 3 is 2.12 bits per heavy atom. The summed E-state index contributed by atoms with van der Waals surface area (Å²) in [7, 11) is -1.96. The summed E-state index contributed by atoms with van der Waals surface area (Å²) in [6.45, 7) is 4.04. The third-order valence-corrected chi connectivity index (χ3v) is 4.34. The van der Waals surface area contributed by atoms with Gasteiger partial charge < -0.3 is 11.1 Å². The predicted octanol–water partition coefficient (Wildman–Crippen LogP) is -0.488. The molecule has 0 fully saturated rings. The average molecular weight is 265 g/mol. The van der Waals surface area contributed by atoms with Crippen LogP contribution in [0.3, 0.4) is 0 Å². The largest absolute Gasteiger partial charge is 0.348 e. The highest BCUT2D eigenvalue weighted by Gasteiger charge is 2.27. The van der Waals surface area contributed by atoms with Gasteiger partial charge in [0.25, 0.3) is 0 Å². The Morgan fingerprint density at radius 1 is 1.35 bits per heavy atom. The van der Waals surface area contributed by atoms with Crippen molar-refractivity contribution in [1.82, 2.24) is 9.62 Å². The van der Waals surface area contributed by atoms with Crippen molar-refractivity contribution in [3.63, 3.8) is 0 Å². The van der Waals surface area contributed by atoms with E-state index in [-0.39, 0.29) is 12.5 Å². The Bertz CT molecular complexity index is 342. The van der Waals surface area contributed by atoms with E-state index in [9.17, 15) is 13.2 Å². The summed E-state index contributed by atoms with van der Waals surface area (Å²) < 4.78 is 23.3. The molecule has 1 amide bonds. The maximum absolute atomic E-state index is 11.7. The van der Waals surface area contributed by atoms with Crippen LogP contribution in [0.4, 0.5) is 0 Å². The first kappa shape index (κ1) is 16.3. The molecule has 0 heterocycles. The van der Waals surface area contributed by atoms with E-state index in [1.165, 1.54) is 7.05 Å². The average Bonchev–Trinajstić information content (AvgIpc) is 2.24. The van der Waals surface area contributed by atoms with Crippen LogP contribution in [0.2, 0.25) is 0 Å². The van der Waals surface area contributed by atoms with Gasteiger partial charge in [-0.3, -0.25) is 4.79 Å². The Hall–Kier alpha value is -0.660. The molecule has 3 N–H and O–H groups in total. The lowest BCUT2D eigenvalue weighted by Crippen LogP contribution is -2.55. The van der Waals surface area contributed by atoms with Gasteiger partial charge in [-0.15, -0.1) is 0 Å². The van der Waals surface area contributed by atoms with E-state index < -0.39 is 15.6 Å². The zero-order valence-electron chi connectivity index (χ0n) is 11.0. The smallest absolute Gasteiger partial charge is 0.235 e. The second-order valence-corrected chi connectivity index (χ2v) is 6.35. The molecule has 0 aromatic rings. The lowest BCUT2D eigenvalue weighted by atomic mass is 9.93. The number of sulfonamides is 1. The number of rotatable bonds is 7. The highest BCUT2D eigenvalue weighted by atomic mass is 32.2. The molecule has 0 aromatic carbocycles. The molecule has 0 saturated carbocycles. The Morgan fingerprint density at radius 2 is 1.82 bits per heavy atom. The number of carbonyl (C=O) groups excluding carboxylic acids is 1. The van der Waals surface area contributed by atoms with Crippen molar-refractivity contribution in [2.45, 2.75) is 32.2 Å². The fourth-order valence-corrected chi connectivity index (χ4v) is 1.77. The number of nitrogens with two attached hydrogens (primary N) is 1. The maximum Gasteiger partial charge on any atom is 0.235 e. The van der Waals surface area contributed by atoms with E-state index in [1.54, 1.807) is 0 Å². The third kappa shape index (κ3) is 5.01. The Labute approximate surface area is 104 Å². The van der Waals surface area contributed by atoms with Crippen LogP contribution < -0.4 is 11.1 Å². The lowest BCUT2D eigenvalue weighted by Gasteiger charge is -2.32.